The molecule has 1 aromatic heterocycles. The van der Waals surface area contributed by atoms with Gasteiger partial charge in [0.15, 0.2) is 0 Å². The van der Waals surface area contributed by atoms with Crippen molar-refractivity contribution in [1.82, 2.24) is 14.9 Å². The van der Waals surface area contributed by atoms with Crippen LogP contribution < -0.4 is 9.64 Å². The van der Waals surface area contributed by atoms with E-state index in [-0.39, 0.29) is 5.91 Å². The van der Waals surface area contributed by atoms with E-state index in [1.54, 1.807) is 13.2 Å². The molecule has 1 saturated carbocycles. The summed E-state index contributed by atoms with van der Waals surface area (Å²) in [5, 5.41) is 2.62. The lowest BCUT2D eigenvalue weighted by Crippen LogP contribution is -2.49. The van der Waals surface area contributed by atoms with Gasteiger partial charge in [-0.1, -0.05) is 48.5 Å². The number of piperazine rings is 1. The summed E-state index contributed by atoms with van der Waals surface area (Å²) in [6.45, 7) is 2.99. The Balaban J connectivity index is 1.23. The molecule has 1 unspecified atom stereocenters. The molecule has 2 fully saturated rings. The molecule has 2 aromatic carbocycles. The van der Waals surface area contributed by atoms with Gasteiger partial charge in [-0.05, 0) is 66.4 Å². The normalized spacial score (nSPS) is 20.3. The Morgan fingerprint density at radius 2 is 1.80 bits per heavy atom. The van der Waals surface area contributed by atoms with Crippen molar-refractivity contribution in [1.29, 1.82) is 0 Å². The largest absolute Gasteiger partial charge is 0.467 e. The molecule has 6 heteroatoms. The number of nitrogens with zero attached hydrogens (tertiary/aromatic N) is 4. The number of allylic oxidation sites excluding steroid dienone is 1. The van der Waals surface area contributed by atoms with Crippen LogP contribution in [0.25, 0.3) is 10.8 Å². The molecule has 2 aliphatic carbocycles. The van der Waals surface area contributed by atoms with Gasteiger partial charge in [0, 0.05) is 31.7 Å². The van der Waals surface area contributed by atoms with E-state index < -0.39 is 0 Å². The molecule has 1 aliphatic heterocycles. The number of ether oxygens (including phenoxy) is 1. The van der Waals surface area contributed by atoms with Gasteiger partial charge in [-0.3, -0.25) is 4.79 Å². The minimum Gasteiger partial charge on any atom is -0.467 e. The van der Waals surface area contributed by atoms with Gasteiger partial charge in [0.1, 0.15) is 5.82 Å². The van der Waals surface area contributed by atoms with E-state index in [0.717, 1.165) is 43.9 Å². The standard InChI is InChI=1S/C29H32N4O2/c1-35-29-30-26-19-22(24-8-4-6-21-5-2-3-7-23(21)24)12-13-25(26)28(31-29)33-17-15-32(16-18-33)27(34)14-11-20-9-10-20/h2-8,11,14,20,22H,9-10,12-13,15-19H2,1H3/b14-11+. The molecule has 6 rings (SSSR count). The maximum absolute atomic E-state index is 12.5. The summed E-state index contributed by atoms with van der Waals surface area (Å²) < 4.78 is 5.52. The van der Waals surface area contributed by atoms with Crippen LogP contribution in [0.15, 0.2) is 54.6 Å². The van der Waals surface area contributed by atoms with Gasteiger partial charge >= 0.3 is 6.01 Å². The van der Waals surface area contributed by atoms with Crippen molar-refractivity contribution in [2.24, 2.45) is 5.92 Å². The highest BCUT2D eigenvalue weighted by Crippen LogP contribution is 2.39. The number of fused-ring (bicyclic) bond motifs is 2. The van der Waals surface area contributed by atoms with Crippen LogP contribution in [0, 0.1) is 5.92 Å². The molecular weight excluding hydrogens is 436 g/mol. The lowest BCUT2D eigenvalue weighted by Gasteiger charge is -2.37. The second-order valence-electron chi connectivity index (χ2n) is 9.98. The van der Waals surface area contributed by atoms with Gasteiger partial charge in [0.2, 0.25) is 5.91 Å². The summed E-state index contributed by atoms with van der Waals surface area (Å²) in [5.74, 6) is 2.17. The van der Waals surface area contributed by atoms with E-state index in [1.807, 2.05) is 4.90 Å². The van der Waals surface area contributed by atoms with Gasteiger partial charge in [0.05, 0.1) is 12.8 Å². The fourth-order valence-electron chi connectivity index (χ4n) is 5.55. The first-order valence-corrected chi connectivity index (χ1v) is 12.8. The number of aromatic nitrogens is 2. The third-order valence-corrected chi connectivity index (χ3v) is 7.70. The average Bonchev–Trinajstić information content (AvgIpc) is 3.75. The molecule has 0 radical (unpaired) electrons. The minimum absolute atomic E-state index is 0.136. The molecule has 1 saturated heterocycles. The zero-order chi connectivity index (χ0) is 23.8. The zero-order valence-corrected chi connectivity index (χ0v) is 20.3. The van der Waals surface area contributed by atoms with Crippen LogP contribution >= 0.6 is 0 Å². The van der Waals surface area contributed by atoms with Crippen LogP contribution in [0.1, 0.15) is 42.0 Å². The Morgan fingerprint density at radius 1 is 1.00 bits per heavy atom. The minimum atomic E-state index is 0.136. The Bertz CT molecular complexity index is 1270. The molecule has 0 N–H and O–H groups in total. The summed E-state index contributed by atoms with van der Waals surface area (Å²) in [5.41, 5.74) is 3.75. The molecule has 0 spiro atoms. The summed E-state index contributed by atoms with van der Waals surface area (Å²) in [6, 6.07) is 15.7. The first-order chi connectivity index (χ1) is 17.2. The average molecular weight is 469 g/mol. The van der Waals surface area contributed by atoms with Crippen molar-refractivity contribution in [3.63, 3.8) is 0 Å². The molecular formula is C29H32N4O2. The monoisotopic (exact) mass is 468 g/mol. The number of amides is 1. The first-order valence-electron chi connectivity index (χ1n) is 12.8. The highest BCUT2D eigenvalue weighted by molar-refractivity contribution is 5.88. The van der Waals surface area contributed by atoms with Crippen molar-refractivity contribution in [3.05, 3.63) is 71.4 Å². The molecule has 0 bridgehead atoms. The van der Waals surface area contributed by atoms with E-state index in [9.17, 15) is 4.79 Å². The highest BCUT2D eigenvalue weighted by Gasteiger charge is 2.30. The summed E-state index contributed by atoms with van der Waals surface area (Å²) >= 11 is 0. The number of hydrogen-bond donors (Lipinski definition) is 0. The van der Waals surface area contributed by atoms with Crippen molar-refractivity contribution in [2.75, 3.05) is 38.2 Å². The molecule has 2 heterocycles. The number of carbonyl (C=O) groups excluding carboxylic acids is 1. The van der Waals surface area contributed by atoms with Crippen molar-refractivity contribution < 1.29 is 9.53 Å². The summed E-state index contributed by atoms with van der Waals surface area (Å²) in [7, 11) is 1.64. The second kappa shape index (κ2) is 9.33. The number of anilines is 1. The first kappa shape index (κ1) is 22.1. The number of carbonyl (C=O) groups is 1. The highest BCUT2D eigenvalue weighted by atomic mass is 16.5. The van der Waals surface area contributed by atoms with Crippen LogP contribution in [0.5, 0.6) is 6.01 Å². The smallest absolute Gasteiger partial charge is 0.318 e. The van der Waals surface area contributed by atoms with E-state index in [4.69, 9.17) is 14.7 Å². The fourth-order valence-corrected chi connectivity index (χ4v) is 5.55. The molecule has 3 aromatic rings. The van der Waals surface area contributed by atoms with Crippen LogP contribution in [0.4, 0.5) is 5.82 Å². The van der Waals surface area contributed by atoms with Gasteiger partial charge < -0.3 is 14.5 Å². The Morgan fingerprint density at radius 3 is 2.60 bits per heavy atom. The molecule has 3 aliphatic rings. The predicted octanol–water partition coefficient (Wildman–Crippen LogP) is 4.53. The van der Waals surface area contributed by atoms with Gasteiger partial charge in [-0.25, -0.2) is 0 Å². The zero-order valence-electron chi connectivity index (χ0n) is 20.3. The number of rotatable bonds is 5. The van der Waals surface area contributed by atoms with E-state index >= 15 is 0 Å². The quantitative estimate of drug-likeness (QED) is 0.515. The van der Waals surface area contributed by atoms with E-state index in [0.29, 0.717) is 30.9 Å². The Labute approximate surface area is 206 Å². The van der Waals surface area contributed by atoms with Gasteiger partial charge in [0.25, 0.3) is 0 Å². The van der Waals surface area contributed by atoms with Crippen LogP contribution in [0.2, 0.25) is 0 Å². The van der Waals surface area contributed by atoms with Crippen molar-refractivity contribution in [3.8, 4) is 6.01 Å². The second-order valence-corrected chi connectivity index (χ2v) is 9.98. The van der Waals surface area contributed by atoms with Gasteiger partial charge in [-0.2, -0.15) is 9.97 Å². The number of hydrogen-bond acceptors (Lipinski definition) is 5. The predicted molar refractivity (Wildman–Crippen MR) is 138 cm³/mol. The molecule has 35 heavy (non-hydrogen) atoms. The maximum atomic E-state index is 12.5. The number of benzene rings is 2. The van der Waals surface area contributed by atoms with Gasteiger partial charge in [-0.15, -0.1) is 0 Å². The van der Waals surface area contributed by atoms with Crippen LogP contribution in [0.3, 0.4) is 0 Å². The maximum Gasteiger partial charge on any atom is 0.318 e. The third kappa shape index (κ3) is 4.49. The lowest BCUT2D eigenvalue weighted by atomic mass is 9.80. The third-order valence-electron chi connectivity index (χ3n) is 7.70. The lowest BCUT2D eigenvalue weighted by molar-refractivity contribution is -0.126. The molecule has 180 valence electrons. The van der Waals surface area contributed by atoms with Crippen LogP contribution in [-0.2, 0) is 17.6 Å². The summed E-state index contributed by atoms with van der Waals surface area (Å²) in [6.07, 6.45) is 9.21. The fraction of sp³-hybridized carbons (Fsp3) is 0.414. The SMILES string of the molecule is COc1nc2c(c(N3CCN(C(=O)/C=C/C4CC4)CC3)n1)CCC(c1cccc3ccccc13)C2. The van der Waals surface area contributed by atoms with E-state index in [1.165, 1.54) is 34.7 Å². The Hall–Kier alpha value is -3.41. The molecule has 1 amide bonds. The topological polar surface area (TPSA) is 58.6 Å². The molecule has 6 nitrogen and oxygen atoms in total. The van der Waals surface area contributed by atoms with E-state index in [2.05, 4.69) is 53.4 Å². The van der Waals surface area contributed by atoms with Crippen molar-refractivity contribution in [2.45, 2.75) is 38.0 Å². The summed E-state index contributed by atoms with van der Waals surface area (Å²) in [4.78, 5) is 26.4. The van der Waals surface area contributed by atoms with Crippen molar-refractivity contribution >= 4 is 22.5 Å². The van der Waals surface area contributed by atoms with Crippen LogP contribution in [-0.4, -0.2) is 54.1 Å². The number of methoxy groups -OCH3 is 1. The Kier molecular flexibility index (Phi) is 5.88. The molecule has 1 atom stereocenters.